The van der Waals surface area contributed by atoms with Crippen LogP contribution >= 0.6 is 36.6 Å². The van der Waals surface area contributed by atoms with Crippen LogP contribution in [-0.2, 0) is 0 Å². The predicted octanol–water partition coefficient (Wildman–Crippen LogP) is 8.18. The van der Waals surface area contributed by atoms with Gasteiger partial charge in [0.2, 0.25) is 0 Å². The highest BCUT2D eigenvalue weighted by molar-refractivity contribution is 14.0. The Morgan fingerprint density at radius 3 is 1.29 bits per heavy atom. The standard InChI is InChI=1S/C19H40S.HI/c1-4-6-7-8-9-10-11-12-13-14-15-16-17-18-19(3,20)5-2;/h20H,4-18H2,1-3H3;1H. The Labute approximate surface area is 158 Å². The number of thiol groups is 1. The molecule has 0 amide bonds. The average molecular weight is 429 g/mol. The highest BCUT2D eigenvalue weighted by Gasteiger charge is 2.14. The summed E-state index contributed by atoms with van der Waals surface area (Å²) in [5.41, 5.74) is 0. The van der Waals surface area contributed by atoms with Crippen molar-refractivity contribution >= 4 is 36.6 Å². The van der Waals surface area contributed by atoms with E-state index >= 15 is 0 Å². The summed E-state index contributed by atoms with van der Waals surface area (Å²) in [6.07, 6.45) is 21.2. The third-order valence-electron chi connectivity index (χ3n) is 4.58. The monoisotopic (exact) mass is 428 g/mol. The molecule has 0 spiro atoms. The van der Waals surface area contributed by atoms with E-state index in [1.807, 2.05) is 0 Å². The van der Waals surface area contributed by atoms with E-state index in [9.17, 15) is 0 Å². The number of hydrogen-bond acceptors (Lipinski definition) is 1. The Hall–Kier alpha value is 1.08. The molecule has 0 saturated heterocycles. The van der Waals surface area contributed by atoms with E-state index in [0.717, 1.165) is 0 Å². The van der Waals surface area contributed by atoms with Crippen molar-refractivity contribution in [1.29, 1.82) is 0 Å². The topological polar surface area (TPSA) is 0 Å². The van der Waals surface area contributed by atoms with Crippen molar-refractivity contribution in [1.82, 2.24) is 0 Å². The first kappa shape index (κ1) is 24.3. The lowest BCUT2D eigenvalue weighted by molar-refractivity contribution is 0.501. The summed E-state index contributed by atoms with van der Waals surface area (Å²) < 4.78 is 0.276. The van der Waals surface area contributed by atoms with Crippen molar-refractivity contribution in [2.24, 2.45) is 0 Å². The van der Waals surface area contributed by atoms with Gasteiger partial charge in [-0.1, -0.05) is 104 Å². The number of rotatable bonds is 15. The molecule has 0 fully saturated rings. The molecule has 0 nitrogen and oxygen atoms in total. The van der Waals surface area contributed by atoms with Gasteiger partial charge in [0.05, 0.1) is 0 Å². The summed E-state index contributed by atoms with van der Waals surface area (Å²) in [5, 5.41) is 0. The fourth-order valence-corrected chi connectivity index (χ4v) is 2.86. The van der Waals surface area contributed by atoms with Gasteiger partial charge in [0.15, 0.2) is 0 Å². The van der Waals surface area contributed by atoms with Gasteiger partial charge in [0, 0.05) is 4.75 Å². The molecule has 1 unspecified atom stereocenters. The molecule has 0 rings (SSSR count). The zero-order valence-corrected chi connectivity index (χ0v) is 18.2. The molecule has 130 valence electrons. The van der Waals surface area contributed by atoms with E-state index in [0.29, 0.717) is 0 Å². The van der Waals surface area contributed by atoms with Crippen LogP contribution in [0.3, 0.4) is 0 Å². The highest BCUT2D eigenvalue weighted by Crippen LogP contribution is 2.25. The van der Waals surface area contributed by atoms with Gasteiger partial charge < -0.3 is 0 Å². The Kier molecular flexibility index (Phi) is 20.2. The summed E-state index contributed by atoms with van der Waals surface area (Å²) in [6.45, 7) is 6.81. The first-order valence-corrected chi connectivity index (χ1v) is 9.79. The minimum absolute atomic E-state index is 0. The van der Waals surface area contributed by atoms with E-state index in [2.05, 4.69) is 20.8 Å². The van der Waals surface area contributed by atoms with Crippen LogP contribution in [0.4, 0.5) is 0 Å². The van der Waals surface area contributed by atoms with Crippen molar-refractivity contribution in [3.8, 4) is 0 Å². The second-order valence-electron chi connectivity index (χ2n) is 6.84. The summed E-state index contributed by atoms with van der Waals surface area (Å²) in [4.78, 5) is 0. The van der Waals surface area contributed by atoms with E-state index in [-0.39, 0.29) is 28.7 Å². The third-order valence-corrected chi connectivity index (χ3v) is 5.12. The lowest BCUT2D eigenvalue weighted by Crippen LogP contribution is -2.14. The minimum Gasteiger partial charge on any atom is -0.173 e. The van der Waals surface area contributed by atoms with Crippen LogP contribution in [0.2, 0.25) is 0 Å². The van der Waals surface area contributed by atoms with Gasteiger partial charge in [-0.2, -0.15) is 12.6 Å². The van der Waals surface area contributed by atoms with Crippen LogP contribution < -0.4 is 0 Å². The van der Waals surface area contributed by atoms with Gasteiger partial charge in [-0.3, -0.25) is 0 Å². The zero-order chi connectivity index (χ0) is 15.1. The van der Waals surface area contributed by atoms with Crippen LogP contribution in [0.1, 0.15) is 117 Å². The second-order valence-corrected chi connectivity index (χ2v) is 7.92. The van der Waals surface area contributed by atoms with Gasteiger partial charge in [0.25, 0.3) is 0 Å². The summed E-state index contributed by atoms with van der Waals surface area (Å²) in [5.74, 6) is 0. The number of unbranched alkanes of at least 4 members (excludes halogenated alkanes) is 12. The lowest BCUT2D eigenvalue weighted by atomic mass is 9.98. The fraction of sp³-hybridized carbons (Fsp3) is 1.00. The summed E-state index contributed by atoms with van der Waals surface area (Å²) in [7, 11) is 0. The fourth-order valence-electron chi connectivity index (χ4n) is 2.70. The smallest absolute Gasteiger partial charge is 0.00987 e. The molecule has 2 heteroatoms. The largest absolute Gasteiger partial charge is 0.173 e. The molecular weight excluding hydrogens is 387 g/mol. The molecule has 0 radical (unpaired) electrons. The highest BCUT2D eigenvalue weighted by atomic mass is 127. The van der Waals surface area contributed by atoms with E-state index < -0.39 is 0 Å². The van der Waals surface area contributed by atoms with Crippen LogP contribution in [0.5, 0.6) is 0 Å². The first-order chi connectivity index (χ1) is 9.62. The summed E-state index contributed by atoms with van der Waals surface area (Å²) in [6, 6.07) is 0. The maximum Gasteiger partial charge on any atom is 0.00987 e. The molecule has 0 aliphatic heterocycles. The van der Waals surface area contributed by atoms with Gasteiger partial charge >= 0.3 is 0 Å². The molecule has 21 heavy (non-hydrogen) atoms. The van der Waals surface area contributed by atoms with E-state index in [1.165, 1.54) is 96.3 Å². The molecule has 0 heterocycles. The van der Waals surface area contributed by atoms with Gasteiger partial charge in [0.1, 0.15) is 0 Å². The molecular formula is C19H41IS. The van der Waals surface area contributed by atoms with Gasteiger partial charge in [-0.15, -0.1) is 24.0 Å². The van der Waals surface area contributed by atoms with Gasteiger partial charge in [-0.05, 0) is 12.8 Å². The van der Waals surface area contributed by atoms with Crippen molar-refractivity contribution in [2.75, 3.05) is 0 Å². The first-order valence-electron chi connectivity index (χ1n) is 9.34. The van der Waals surface area contributed by atoms with Crippen LogP contribution in [0.15, 0.2) is 0 Å². The maximum atomic E-state index is 4.70. The molecule has 0 bridgehead atoms. The SMILES string of the molecule is CCCCCCCCCCCCCCCC(C)(S)CC.I. The molecule has 0 aromatic heterocycles. The van der Waals surface area contributed by atoms with Crippen molar-refractivity contribution in [3.05, 3.63) is 0 Å². The van der Waals surface area contributed by atoms with E-state index in [1.54, 1.807) is 0 Å². The number of halogens is 1. The molecule has 0 aliphatic carbocycles. The lowest BCUT2D eigenvalue weighted by Gasteiger charge is -2.20. The Morgan fingerprint density at radius 1 is 0.619 bits per heavy atom. The Bertz CT molecular complexity index is 192. The van der Waals surface area contributed by atoms with Crippen LogP contribution in [0.25, 0.3) is 0 Å². The zero-order valence-electron chi connectivity index (χ0n) is 15.0. The molecule has 0 aliphatic rings. The molecule has 0 aromatic carbocycles. The van der Waals surface area contributed by atoms with Crippen molar-refractivity contribution in [2.45, 2.75) is 122 Å². The molecule has 1 atom stereocenters. The molecule has 0 aromatic rings. The van der Waals surface area contributed by atoms with Crippen LogP contribution in [-0.4, -0.2) is 4.75 Å². The van der Waals surface area contributed by atoms with Crippen molar-refractivity contribution in [3.63, 3.8) is 0 Å². The normalized spacial score (nSPS) is 13.7. The minimum atomic E-state index is 0. The molecule has 0 N–H and O–H groups in total. The third kappa shape index (κ3) is 19.0. The average Bonchev–Trinajstić information content (AvgIpc) is 2.44. The van der Waals surface area contributed by atoms with E-state index in [4.69, 9.17) is 12.6 Å². The quantitative estimate of drug-likeness (QED) is 0.152. The van der Waals surface area contributed by atoms with Crippen LogP contribution in [0, 0.1) is 0 Å². The maximum absolute atomic E-state index is 4.70. The summed E-state index contributed by atoms with van der Waals surface area (Å²) >= 11 is 4.70. The Balaban J connectivity index is 0. The molecule has 0 saturated carbocycles. The van der Waals surface area contributed by atoms with Crippen molar-refractivity contribution < 1.29 is 0 Å². The van der Waals surface area contributed by atoms with Gasteiger partial charge in [-0.25, -0.2) is 0 Å². The second kappa shape index (κ2) is 17.4. The predicted molar refractivity (Wildman–Crippen MR) is 113 cm³/mol. The number of hydrogen-bond donors (Lipinski definition) is 1. The Morgan fingerprint density at radius 2 is 0.952 bits per heavy atom.